The van der Waals surface area contributed by atoms with Gasteiger partial charge in [0, 0.05) is 19.5 Å². The molecular weight excluding hydrogens is 951 g/mol. The van der Waals surface area contributed by atoms with Gasteiger partial charge in [-0.15, -0.1) is 0 Å². The van der Waals surface area contributed by atoms with Gasteiger partial charge in [0.2, 0.25) is 53.2 Å². The number of carbonyl (C=O) groups is 12. The Balaban J connectivity index is 2.20. The first-order valence-electron chi connectivity index (χ1n) is 22.9. The summed E-state index contributed by atoms with van der Waals surface area (Å²) in [5.74, 6) is -13.6. The normalized spacial score (nSPS) is 16.3. The van der Waals surface area contributed by atoms with Gasteiger partial charge in [-0.05, 0) is 57.9 Å². The second-order valence-corrected chi connectivity index (χ2v) is 17.4. The first kappa shape index (κ1) is 60.2. The van der Waals surface area contributed by atoms with Crippen LogP contribution in [0.3, 0.4) is 0 Å². The highest BCUT2D eigenvalue weighted by Gasteiger charge is 2.39. The van der Waals surface area contributed by atoms with Crippen LogP contribution < -0.4 is 59.7 Å². The summed E-state index contributed by atoms with van der Waals surface area (Å²) < 4.78 is 0. The van der Waals surface area contributed by atoms with Crippen molar-refractivity contribution in [3.8, 4) is 0 Å². The summed E-state index contributed by atoms with van der Waals surface area (Å²) in [6.07, 6.45) is -1.68. The number of nitrogens with two attached hydrogens (primary N) is 3. The van der Waals surface area contributed by atoms with E-state index in [1.54, 1.807) is 44.2 Å². The fraction of sp³-hybridized carbons (Fsp3) is 0.568. The molecule has 398 valence electrons. The molecule has 1 aliphatic heterocycles. The summed E-state index contributed by atoms with van der Waals surface area (Å²) in [7, 11) is 0. The number of carboxylic acids is 3. The van der Waals surface area contributed by atoms with E-state index in [9.17, 15) is 72.9 Å². The fourth-order valence-corrected chi connectivity index (χ4v) is 7.09. The van der Waals surface area contributed by atoms with Crippen molar-refractivity contribution in [2.75, 3.05) is 19.6 Å². The number of carboxylic acid groups (broad SMARTS) is 3. The third kappa shape index (κ3) is 20.6. The lowest BCUT2D eigenvalue weighted by Crippen LogP contribution is -2.60. The second-order valence-electron chi connectivity index (χ2n) is 17.4. The maximum Gasteiger partial charge on any atom is 0.326 e. The zero-order valence-electron chi connectivity index (χ0n) is 40.6. The molecule has 9 amide bonds. The van der Waals surface area contributed by atoms with Gasteiger partial charge in [-0.2, -0.15) is 0 Å². The summed E-state index contributed by atoms with van der Waals surface area (Å²) in [6.45, 7) is 6.42. The van der Waals surface area contributed by atoms with Crippen LogP contribution in [0.4, 0.5) is 0 Å². The smallest absolute Gasteiger partial charge is 0.326 e. The van der Waals surface area contributed by atoms with E-state index in [0.717, 1.165) is 4.90 Å². The Kier molecular flexibility index (Phi) is 24.5. The van der Waals surface area contributed by atoms with Gasteiger partial charge in [-0.25, -0.2) is 4.79 Å². The van der Waals surface area contributed by atoms with Crippen molar-refractivity contribution in [3.05, 3.63) is 35.9 Å². The maximum atomic E-state index is 13.9. The average molecular weight is 1020 g/mol. The molecule has 0 saturated carbocycles. The molecule has 0 bridgehead atoms. The molecule has 1 aromatic rings. The van der Waals surface area contributed by atoms with Crippen molar-refractivity contribution in [1.29, 1.82) is 0 Å². The maximum absolute atomic E-state index is 13.9. The SMILES string of the molecule is CC(C)[C@H](NC(=O)[C@H](C)NC(=O)[C@H](CCCN=C(N)N)NC(=O)[C@@H]1CCCN1C(=O)[C@H](C)NC(=O)[C@H](CC(=O)O)NC(=O)[C@H](CC(=O)O)NC(=O)CNC(=O)[C@H](C)N)C(=O)N[C@@H](Cc1ccccc1)C(=O)O. The van der Waals surface area contributed by atoms with Crippen LogP contribution in [0.15, 0.2) is 35.3 Å². The van der Waals surface area contributed by atoms with E-state index in [1.807, 2.05) is 0 Å². The molecule has 0 aromatic heterocycles. The molecule has 1 aliphatic rings. The number of amides is 9. The molecular formula is C44H67N13O15. The molecule has 2 rings (SSSR count). The molecule has 1 saturated heterocycles. The van der Waals surface area contributed by atoms with Crippen LogP contribution in [-0.4, -0.2) is 171 Å². The number of carbonyl (C=O) groups excluding carboxylic acids is 9. The monoisotopic (exact) mass is 1020 g/mol. The number of guanidine groups is 1. The Morgan fingerprint density at radius 2 is 1.22 bits per heavy atom. The van der Waals surface area contributed by atoms with Gasteiger partial charge in [0.25, 0.3) is 0 Å². The third-order valence-electron chi connectivity index (χ3n) is 10.9. The zero-order chi connectivity index (χ0) is 54.4. The molecule has 0 radical (unpaired) electrons. The van der Waals surface area contributed by atoms with E-state index >= 15 is 0 Å². The Labute approximate surface area is 414 Å². The van der Waals surface area contributed by atoms with E-state index in [-0.39, 0.29) is 51.2 Å². The standard InChI is InChI=1S/C44H67N13O15/c1-21(2)34(41(69)55-29(43(71)72)17-25-11-7-6-8-12-25)56-36(64)23(4)50-37(65)26(13-9-15-48-44(46)47)53-40(68)30-14-10-16-57(30)42(70)24(5)51-38(66)28(19-33(61)62)54-39(67)27(18-32(59)60)52-31(58)20-49-35(63)22(3)45/h6-8,11-12,21-24,26-30,34H,9-10,13-20,45H2,1-5H3,(H,49,63)(H,50,65)(H,51,66)(H,52,58)(H,53,68)(H,54,67)(H,55,69)(H,56,64)(H,59,60)(H,61,62)(H,71,72)(H4,46,47,48)/t22-,23-,24-,26-,27-,28-,29-,30-,34-/m0/s1. The van der Waals surface area contributed by atoms with Crippen LogP contribution in [0.25, 0.3) is 0 Å². The molecule has 1 heterocycles. The van der Waals surface area contributed by atoms with Crippen molar-refractivity contribution < 1.29 is 72.9 Å². The summed E-state index contributed by atoms with van der Waals surface area (Å²) in [5.41, 5.74) is 16.9. The zero-order valence-corrected chi connectivity index (χ0v) is 40.6. The Morgan fingerprint density at radius 1 is 0.667 bits per heavy atom. The molecule has 1 fully saturated rings. The molecule has 0 unspecified atom stereocenters. The number of rotatable bonds is 29. The highest BCUT2D eigenvalue weighted by Crippen LogP contribution is 2.20. The Hall–Kier alpha value is -7.91. The van der Waals surface area contributed by atoms with Crippen LogP contribution in [0.2, 0.25) is 0 Å². The largest absolute Gasteiger partial charge is 0.481 e. The summed E-state index contributed by atoms with van der Waals surface area (Å²) in [4.78, 5) is 159. The number of nitrogens with zero attached hydrogens (tertiary/aromatic N) is 2. The first-order chi connectivity index (χ1) is 33.7. The molecule has 0 aliphatic carbocycles. The molecule has 28 heteroatoms. The van der Waals surface area contributed by atoms with Gasteiger partial charge in [0.05, 0.1) is 25.4 Å². The van der Waals surface area contributed by atoms with E-state index in [4.69, 9.17) is 17.2 Å². The summed E-state index contributed by atoms with van der Waals surface area (Å²) in [6, 6.07) is -4.08. The quantitative estimate of drug-likeness (QED) is 0.0203. The van der Waals surface area contributed by atoms with Gasteiger partial charge in [-0.1, -0.05) is 44.2 Å². The van der Waals surface area contributed by atoms with Crippen molar-refractivity contribution in [2.24, 2.45) is 28.1 Å². The predicted octanol–water partition coefficient (Wildman–Crippen LogP) is -5.14. The van der Waals surface area contributed by atoms with Crippen molar-refractivity contribution in [2.45, 2.75) is 134 Å². The van der Waals surface area contributed by atoms with E-state index in [2.05, 4.69) is 47.5 Å². The average Bonchev–Trinajstić information content (AvgIpc) is 3.80. The van der Waals surface area contributed by atoms with Crippen LogP contribution >= 0.6 is 0 Å². The number of hydrogen-bond donors (Lipinski definition) is 14. The van der Waals surface area contributed by atoms with Gasteiger partial charge in [-0.3, -0.25) is 57.7 Å². The summed E-state index contributed by atoms with van der Waals surface area (Å²) in [5, 5.41) is 47.4. The van der Waals surface area contributed by atoms with Crippen LogP contribution in [0, 0.1) is 5.92 Å². The van der Waals surface area contributed by atoms with Gasteiger partial charge >= 0.3 is 17.9 Å². The number of hydrogen-bond acceptors (Lipinski definition) is 14. The molecule has 0 spiro atoms. The molecule has 9 atom stereocenters. The third-order valence-corrected chi connectivity index (χ3v) is 10.9. The van der Waals surface area contributed by atoms with Crippen molar-refractivity contribution >= 4 is 77.0 Å². The van der Waals surface area contributed by atoms with Crippen molar-refractivity contribution in [3.63, 3.8) is 0 Å². The number of aliphatic imine (C=N–C) groups is 1. The lowest BCUT2D eigenvalue weighted by Gasteiger charge is -2.30. The molecule has 28 nitrogen and oxygen atoms in total. The van der Waals surface area contributed by atoms with E-state index < -0.39 is 151 Å². The summed E-state index contributed by atoms with van der Waals surface area (Å²) >= 11 is 0. The van der Waals surface area contributed by atoms with E-state index in [1.165, 1.54) is 20.8 Å². The minimum atomic E-state index is -1.92. The minimum Gasteiger partial charge on any atom is -0.481 e. The topological polar surface area (TPSA) is 455 Å². The molecule has 1 aromatic carbocycles. The number of benzene rings is 1. The highest BCUT2D eigenvalue weighted by atomic mass is 16.4. The van der Waals surface area contributed by atoms with Crippen LogP contribution in [-0.2, 0) is 64.0 Å². The van der Waals surface area contributed by atoms with Gasteiger partial charge < -0.3 is 80.0 Å². The number of nitrogens with one attached hydrogen (secondary N) is 8. The number of likely N-dealkylation sites (tertiary alicyclic amines) is 1. The first-order valence-corrected chi connectivity index (χ1v) is 22.9. The van der Waals surface area contributed by atoms with E-state index in [0.29, 0.717) is 5.56 Å². The van der Waals surface area contributed by atoms with Gasteiger partial charge in [0.1, 0.15) is 48.3 Å². The molecule has 72 heavy (non-hydrogen) atoms. The fourth-order valence-electron chi connectivity index (χ4n) is 7.09. The number of aliphatic carboxylic acids is 3. The van der Waals surface area contributed by atoms with Crippen LogP contribution in [0.5, 0.6) is 0 Å². The minimum absolute atomic E-state index is 0.00371. The Morgan fingerprint density at radius 3 is 1.78 bits per heavy atom. The van der Waals surface area contributed by atoms with Crippen molar-refractivity contribution in [1.82, 2.24) is 47.4 Å². The Bertz CT molecular complexity index is 2170. The second kappa shape index (κ2) is 29.3. The lowest BCUT2D eigenvalue weighted by atomic mass is 10.0. The van der Waals surface area contributed by atoms with Gasteiger partial charge in [0.15, 0.2) is 5.96 Å². The van der Waals surface area contributed by atoms with Crippen LogP contribution in [0.1, 0.15) is 78.7 Å². The molecule has 17 N–H and O–H groups in total. The highest BCUT2D eigenvalue weighted by molar-refractivity contribution is 5.99. The predicted molar refractivity (Wildman–Crippen MR) is 253 cm³/mol. The lowest BCUT2D eigenvalue weighted by molar-refractivity contribution is -0.144.